The number of hydrogen-bond acceptors (Lipinski definition) is 5. The minimum Gasteiger partial charge on any atom is -0.497 e. The van der Waals surface area contributed by atoms with E-state index in [9.17, 15) is 22.4 Å². The van der Waals surface area contributed by atoms with E-state index < -0.39 is 34.5 Å². The van der Waals surface area contributed by atoms with Crippen LogP contribution in [0.4, 0.5) is 10.1 Å². The first-order valence-electron chi connectivity index (χ1n) is 12.2. The number of ether oxygens (including phenoxy) is 1. The number of benzene rings is 2. The first-order valence-corrected chi connectivity index (χ1v) is 13.6. The third kappa shape index (κ3) is 8.16. The second kappa shape index (κ2) is 13.9. The maximum absolute atomic E-state index is 13.8. The Balaban J connectivity index is 2.47. The fourth-order valence-corrected chi connectivity index (χ4v) is 4.77. The van der Waals surface area contributed by atoms with Gasteiger partial charge >= 0.3 is 10.2 Å². The number of nitrogens with one attached hydrogen (secondary N) is 1. The Labute approximate surface area is 219 Å². The summed E-state index contributed by atoms with van der Waals surface area (Å²) in [4.78, 5) is 28.3. The molecule has 204 valence electrons. The number of rotatable bonds is 14. The lowest BCUT2D eigenvalue weighted by atomic mass is 10.1. The molecule has 1 atom stereocenters. The molecule has 2 amide bonds. The summed E-state index contributed by atoms with van der Waals surface area (Å²) < 4.78 is 47.1. The molecular weight excluding hydrogens is 499 g/mol. The van der Waals surface area contributed by atoms with E-state index in [1.165, 1.54) is 38.2 Å². The fraction of sp³-hybridized carbons (Fsp3) is 0.462. The number of amides is 2. The van der Waals surface area contributed by atoms with Gasteiger partial charge < -0.3 is 15.0 Å². The molecular formula is C26H37FN4O5S. The van der Waals surface area contributed by atoms with Gasteiger partial charge in [-0.3, -0.25) is 9.59 Å². The zero-order chi connectivity index (χ0) is 27.6. The standard InChI is InChI=1S/C26H37FN4O5S/c1-6-8-16-28-26(33)24(7-2)30(18-20-10-9-11-23(17-20)36-5)25(32)19-31(37(34,35)29(3)4)22-14-12-21(27)13-15-22/h9-15,17,24H,6-8,16,18-19H2,1-5H3,(H,28,33)/t24-/m1/s1. The molecule has 0 aromatic heterocycles. The van der Waals surface area contributed by atoms with Gasteiger partial charge in [0.15, 0.2) is 0 Å². The molecule has 0 saturated heterocycles. The Kier molecular flexibility index (Phi) is 11.3. The summed E-state index contributed by atoms with van der Waals surface area (Å²) in [7, 11) is 0.117. The van der Waals surface area contributed by atoms with Crippen LogP contribution in [0.2, 0.25) is 0 Å². The molecule has 0 radical (unpaired) electrons. The predicted octanol–water partition coefficient (Wildman–Crippen LogP) is 3.17. The van der Waals surface area contributed by atoms with E-state index in [-0.39, 0.29) is 18.1 Å². The van der Waals surface area contributed by atoms with Gasteiger partial charge in [0.25, 0.3) is 0 Å². The summed E-state index contributed by atoms with van der Waals surface area (Å²) in [6.45, 7) is 3.77. The van der Waals surface area contributed by atoms with Crippen LogP contribution in [0.15, 0.2) is 48.5 Å². The Morgan fingerprint density at radius 3 is 2.32 bits per heavy atom. The van der Waals surface area contributed by atoms with Gasteiger partial charge in [0.05, 0.1) is 12.8 Å². The molecule has 0 heterocycles. The molecule has 0 aliphatic carbocycles. The van der Waals surface area contributed by atoms with Crippen molar-refractivity contribution in [3.63, 3.8) is 0 Å². The quantitative estimate of drug-likeness (QED) is 0.374. The van der Waals surface area contributed by atoms with Crippen LogP contribution in [-0.4, -0.2) is 69.8 Å². The molecule has 2 aromatic carbocycles. The smallest absolute Gasteiger partial charge is 0.304 e. The molecule has 2 rings (SSSR count). The van der Waals surface area contributed by atoms with E-state index in [0.29, 0.717) is 18.7 Å². The summed E-state index contributed by atoms with van der Waals surface area (Å²) in [5.74, 6) is -0.828. The van der Waals surface area contributed by atoms with Crippen molar-refractivity contribution in [3.8, 4) is 5.75 Å². The number of unbranched alkanes of at least 4 members (excludes halogenated alkanes) is 1. The van der Waals surface area contributed by atoms with E-state index in [0.717, 1.165) is 39.1 Å². The molecule has 0 fully saturated rings. The van der Waals surface area contributed by atoms with Gasteiger partial charge in [-0.15, -0.1) is 0 Å². The lowest BCUT2D eigenvalue weighted by Gasteiger charge is -2.34. The van der Waals surface area contributed by atoms with Crippen molar-refractivity contribution in [3.05, 3.63) is 59.9 Å². The number of carbonyl (C=O) groups excluding carboxylic acids is 2. The van der Waals surface area contributed by atoms with Crippen LogP contribution in [-0.2, 0) is 26.3 Å². The Morgan fingerprint density at radius 2 is 1.76 bits per heavy atom. The highest BCUT2D eigenvalue weighted by molar-refractivity contribution is 7.90. The van der Waals surface area contributed by atoms with Gasteiger partial charge in [0, 0.05) is 27.2 Å². The maximum atomic E-state index is 13.8. The summed E-state index contributed by atoms with van der Waals surface area (Å²) in [6, 6.07) is 11.1. The van der Waals surface area contributed by atoms with Crippen molar-refractivity contribution in [2.45, 2.75) is 45.7 Å². The van der Waals surface area contributed by atoms with Crippen molar-refractivity contribution >= 4 is 27.7 Å². The van der Waals surface area contributed by atoms with Crippen molar-refractivity contribution in [2.24, 2.45) is 0 Å². The summed E-state index contributed by atoms with van der Waals surface area (Å²) >= 11 is 0. The Hall–Kier alpha value is -3.18. The number of hydrogen-bond donors (Lipinski definition) is 1. The van der Waals surface area contributed by atoms with Gasteiger partial charge in [0.1, 0.15) is 24.2 Å². The topological polar surface area (TPSA) is 99.3 Å². The van der Waals surface area contributed by atoms with Crippen LogP contribution >= 0.6 is 0 Å². The van der Waals surface area contributed by atoms with Gasteiger partial charge in [-0.2, -0.15) is 12.7 Å². The molecule has 0 aliphatic heterocycles. The number of methoxy groups -OCH3 is 1. The molecule has 2 aromatic rings. The molecule has 0 bridgehead atoms. The second-order valence-corrected chi connectivity index (χ2v) is 10.8. The van der Waals surface area contributed by atoms with E-state index in [4.69, 9.17) is 4.74 Å². The lowest BCUT2D eigenvalue weighted by Crippen LogP contribution is -2.53. The first kappa shape index (κ1) is 30.0. The fourth-order valence-electron chi connectivity index (χ4n) is 3.72. The molecule has 1 N–H and O–H groups in total. The van der Waals surface area contributed by atoms with Gasteiger partial charge in [-0.25, -0.2) is 8.70 Å². The Morgan fingerprint density at radius 1 is 1.08 bits per heavy atom. The van der Waals surface area contributed by atoms with Crippen LogP contribution in [0, 0.1) is 5.82 Å². The SMILES string of the molecule is CCCCNC(=O)[C@@H](CC)N(Cc1cccc(OC)c1)C(=O)CN(c1ccc(F)cc1)S(=O)(=O)N(C)C. The zero-order valence-electron chi connectivity index (χ0n) is 22.1. The average molecular weight is 537 g/mol. The second-order valence-electron chi connectivity index (χ2n) is 8.72. The summed E-state index contributed by atoms with van der Waals surface area (Å²) in [5, 5.41) is 2.88. The molecule has 11 heteroatoms. The van der Waals surface area contributed by atoms with Crippen molar-refractivity contribution in [1.29, 1.82) is 0 Å². The van der Waals surface area contributed by atoms with E-state index in [1.54, 1.807) is 31.2 Å². The summed E-state index contributed by atoms with van der Waals surface area (Å²) in [6.07, 6.45) is 2.02. The van der Waals surface area contributed by atoms with E-state index in [1.807, 2.05) is 6.92 Å². The molecule has 0 saturated carbocycles. The van der Waals surface area contributed by atoms with Crippen LogP contribution in [0.3, 0.4) is 0 Å². The van der Waals surface area contributed by atoms with Gasteiger partial charge in [0.2, 0.25) is 11.8 Å². The van der Waals surface area contributed by atoms with Crippen LogP contribution in [0.1, 0.15) is 38.7 Å². The van der Waals surface area contributed by atoms with Crippen LogP contribution in [0.5, 0.6) is 5.75 Å². The third-order valence-electron chi connectivity index (χ3n) is 5.84. The number of carbonyl (C=O) groups is 2. The highest BCUT2D eigenvalue weighted by atomic mass is 32.2. The minimum absolute atomic E-state index is 0.0645. The number of anilines is 1. The highest BCUT2D eigenvalue weighted by Gasteiger charge is 2.33. The minimum atomic E-state index is -4.11. The van der Waals surface area contributed by atoms with Crippen LogP contribution < -0.4 is 14.4 Å². The van der Waals surface area contributed by atoms with Gasteiger partial charge in [-0.05, 0) is 54.8 Å². The molecule has 37 heavy (non-hydrogen) atoms. The Bertz CT molecular complexity index is 1140. The third-order valence-corrected chi connectivity index (χ3v) is 7.66. The zero-order valence-corrected chi connectivity index (χ0v) is 22.9. The van der Waals surface area contributed by atoms with Gasteiger partial charge in [-0.1, -0.05) is 32.4 Å². The highest BCUT2D eigenvalue weighted by Crippen LogP contribution is 2.22. The van der Waals surface area contributed by atoms with Crippen molar-refractivity contribution < 1.29 is 27.1 Å². The number of halogens is 1. The van der Waals surface area contributed by atoms with Crippen molar-refractivity contribution in [1.82, 2.24) is 14.5 Å². The largest absolute Gasteiger partial charge is 0.497 e. The van der Waals surface area contributed by atoms with E-state index in [2.05, 4.69) is 5.32 Å². The number of nitrogens with zero attached hydrogens (tertiary/aromatic N) is 3. The normalized spacial score (nSPS) is 12.2. The monoisotopic (exact) mass is 536 g/mol. The first-order chi connectivity index (χ1) is 17.5. The van der Waals surface area contributed by atoms with Crippen molar-refractivity contribution in [2.75, 3.05) is 38.6 Å². The molecule has 0 unspecified atom stereocenters. The average Bonchev–Trinajstić information content (AvgIpc) is 2.87. The summed E-state index contributed by atoms with van der Waals surface area (Å²) in [5.41, 5.74) is 0.849. The predicted molar refractivity (Wildman–Crippen MR) is 142 cm³/mol. The molecule has 0 aliphatic rings. The molecule has 9 nitrogen and oxygen atoms in total. The lowest BCUT2D eigenvalue weighted by molar-refractivity contribution is -0.140. The van der Waals surface area contributed by atoms with E-state index >= 15 is 0 Å². The molecule has 0 spiro atoms. The maximum Gasteiger partial charge on any atom is 0.304 e. The van der Waals surface area contributed by atoms with Crippen LogP contribution in [0.25, 0.3) is 0 Å².